The number of ether oxygens (including phenoxy) is 2. The topological polar surface area (TPSA) is 119 Å². The van der Waals surface area contributed by atoms with Crippen LogP contribution in [0.1, 0.15) is 55.2 Å². The van der Waals surface area contributed by atoms with Crippen LogP contribution in [0.4, 0.5) is 36.8 Å². The maximum atomic E-state index is 14.3. The number of nitrogens with zero attached hydrogens (tertiary/aromatic N) is 1. The molecule has 16 heteroatoms. The van der Waals surface area contributed by atoms with Gasteiger partial charge in [0.05, 0.1) is 17.9 Å². The Balaban J connectivity index is 2.41. The van der Waals surface area contributed by atoms with Crippen molar-refractivity contribution in [2.45, 2.75) is 63.8 Å². The van der Waals surface area contributed by atoms with Crippen LogP contribution < -0.4 is 16.2 Å². The van der Waals surface area contributed by atoms with Crippen molar-refractivity contribution in [3.63, 3.8) is 0 Å². The molecule has 0 aliphatic rings. The normalized spacial score (nSPS) is 13.5. The second-order valence-corrected chi connectivity index (χ2v) is 10.4. The Labute approximate surface area is 245 Å². The van der Waals surface area contributed by atoms with Gasteiger partial charge in [0.1, 0.15) is 10.2 Å². The van der Waals surface area contributed by atoms with E-state index in [1.807, 2.05) is 5.32 Å². The SMILES string of the molecule is C=CCCC(OCc1ccccc1)(C(=O)NNC(=O)c1nc(Br)c(C(F)(F)F)cc1NC(=O)OC(C)(C)C)C(F)(F)F. The first kappa shape index (κ1) is 34.5. The third-order valence-electron chi connectivity index (χ3n) is 5.27. The number of amides is 3. The number of nitrogens with one attached hydrogen (secondary N) is 3. The Kier molecular flexibility index (Phi) is 11.1. The summed E-state index contributed by atoms with van der Waals surface area (Å²) in [5.41, 5.74) is -3.99. The molecule has 1 unspecified atom stereocenters. The van der Waals surface area contributed by atoms with Crippen molar-refractivity contribution in [1.29, 1.82) is 0 Å². The Bertz CT molecular complexity index is 1300. The predicted octanol–water partition coefficient (Wildman–Crippen LogP) is 6.46. The van der Waals surface area contributed by atoms with Gasteiger partial charge in [0.15, 0.2) is 5.69 Å². The van der Waals surface area contributed by atoms with Crippen molar-refractivity contribution in [3.05, 3.63) is 70.5 Å². The van der Waals surface area contributed by atoms with Gasteiger partial charge in [-0.05, 0) is 61.2 Å². The van der Waals surface area contributed by atoms with E-state index in [1.165, 1.54) is 32.9 Å². The highest BCUT2D eigenvalue weighted by Crippen LogP contribution is 2.39. The molecule has 230 valence electrons. The number of anilines is 1. The minimum atomic E-state index is -5.28. The van der Waals surface area contributed by atoms with Crippen LogP contribution in [0, 0.1) is 0 Å². The first-order valence-corrected chi connectivity index (χ1v) is 12.8. The van der Waals surface area contributed by atoms with Gasteiger partial charge in [0, 0.05) is 0 Å². The second kappa shape index (κ2) is 13.5. The highest BCUT2D eigenvalue weighted by molar-refractivity contribution is 9.10. The minimum Gasteiger partial charge on any atom is -0.444 e. The van der Waals surface area contributed by atoms with Gasteiger partial charge in [0.2, 0.25) is 5.60 Å². The molecule has 0 bridgehead atoms. The molecule has 9 nitrogen and oxygen atoms in total. The lowest BCUT2D eigenvalue weighted by molar-refractivity contribution is -0.273. The number of hydrogen-bond acceptors (Lipinski definition) is 6. The maximum absolute atomic E-state index is 14.3. The number of benzene rings is 1. The van der Waals surface area contributed by atoms with Crippen molar-refractivity contribution >= 4 is 39.5 Å². The molecule has 2 rings (SSSR count). The van der Waals surface area contributed by atoms with Crippen LogP contribution in [-0.4, -0.2) is 40.3 Å². The molecule has 2 aromatic rings. The smallest absolute Gasteiger partial charge is 0.426 e. The quantitative estimate of drug-likeness (QED) is 0.122. The molecule has 0 fully saturated rings. The van der Waals surface area contributed by atoms with E-state index >= 15 is 0 Å². The molecule has 3 N–H and O–H groups in total. The van der Waals surface area contributed by atoms with E-state index in [2.05, 4.69) is 27.5 Å². The van der Waals surface area contributed by atoms with Crippen molar-refractivity contribution < 1.29 is 50.2 Å². The van der Waals surface area contributed by atoms with E-state index in [0.717, 1.165) is 6.08 Å². The Morgan fingerprint density at radius 1 is 1.02 bits per heavy atom. The van der Waals surface area contributed by atoms with Gasteiger partial charge in [-0.2, -0.15) is 26.3 Å². The van der Waals surface area contributed by atoms with Crippen molar-refractivity contribution in [1.82, 2.24) is 15.8 Å². The van der Waals surface area contributed by atoms with E-state index in [9.17, 15) is 40.7 Å². The Morgan fingerprint density at radius 3 is 2.17 bits per heavy atom. The summed E-state index contributed by atoms with van der Waals surface area (Å²) in [5, 5.41) is 1.96. The van der Waals surface area contributed by atoms with Crippen LogP contribution in [0.25, 0.3) is 0 Å². The number of carbonyl (C=O) groups excluding carboxylic acids is 3. The van der Waals surface area contributed by atoms with Gasteiger partial charge in [-0.15, -0.1) is 6.58 Å². The highest BCUT2D eigenvalue weighted by atomic mass is 79.9. The number of rotatable bonds is 9. The molecule has 0 radical (unpaired) electrons. The number of halogens is 7. The third-order valence-corrected chi connectivity index (χ3v) is 5.88. The average molecular weight is 669 g/mol. The number of carbonyl (C=O) groups is 3. The highest BCUT2D eigenvalue weighted by Gasteiger charge is 2.61. The number of hydrazine groups is 1. The van der Waals surface area contributed by atoms with Crippen molar-refractivity contribution in [2.24, 2.45) is 0 Å². The zero-order valence-corrected chi connectivity index (χ0v) is 24.1. The molecule has 0 aliphatic carbocycles. The molecule has 0 spiro atoms. The summed E-state index contributed by atoms with van der Waals surface area (Å²) in [5.74, 6) is -3.29. The van der Waals surface area contributed by atoms with Crippen LogP contribution in [0.2, 0.25) is 0 Å². The average Bonchev–Trinajstić information content (AvgIpc) is 2.86. The maximum Gasteiger partial charge on any atom is 0.426 e. The van der Waals surface area contributed by atoms with E-state index in [0.29, 0.717) is 11.6 Å². The Hall–Kier alpha value is -3.66. The van der Waals surface area contributed by atoms with Crippen LogP contribution in [0.5, 0.6) is 0 Å². The van der Waals surface area contributed by atoms with Crippen molar-refractivity contribution in [2.75, 3.05) is 5.32 Å². The van der Waals surface area contributed by atoms with E-state index < -0.39 is 76.0 Å². The van der Waals surface area contributed by atoms with Gasteiger partial charge in [-0.25, -0.2) is 9.78 Å². The number of aromatic nitrogens is 1. The summed E-state index contributed by atoms with van der Waals surface area (Å²) in [6, 6.07) is 8.04. The summed E-state index contributed by atoms with van der Waals surface area (Å²) in [6.07, 6.45) is -11.6. The van der Waals surface area contributed by atoms with E-state index in [1.54, 1.807) is 29.1 Å². The Morgan fingerprint density at radius 2 is 1.64 bits per heavy atom. The lowest BCUT2D eigenvalue weighted by atomic mass is 9.95. The molecule has 3 amide bonds. The number of pyridine rings is 1. The zero-order valence-electron chi connectivity index (χ0n) is 22.5. The summed E-state index contributed by atoms with van der Waals surface area (Å²) in [4.78, 5) is 41.6. The van der Waals surface area contributed by atoms with Gasteiger partial charge in [-0.1, -0.05) is 36.4 Å². The monoisotopic (exact) mass is 668 g/mol. The van der Waals surface area contributed by atoms with Crippen LogP contribution in [0.15, 0.2) is 53.7 Å². The molecule has 1 aromatic carbocycles. The van der Waals surface area contributed by atoms with Crippen LogP contribution >= 0.6 is 15.9 Å². The van der Waals surface area contributed by atoms with Gasteiger partial charge in [0.25, 0.3) is 11.8 Å². The molecule has 1 heterocycles. The second-order valence-electron chi connectivity index (χ2n) is 9.68. The fraction of sp³-hybridized carbons (Fsp3) is 0.385. The first-order chi connectivity index (χ1) is 19.3. The summed E-state index contributed by atoms with van der Waals surface area (Å²) in [6.45, 7) is 7.14. The molecular formula is C26H27BrF6N4O5. The lowest BCUT2D eigenvalue weighted by Gasteiger charge is -2.34. The van der Waals surface area contributed by atoms with Gasteiger partial charge in [-0.3, -0.25) is 25.8 Å². The molecule has 42 heavy (non-hydrogen) atoms. The van der Waals surface area contributed by atoms with Gasteiger partial charge < -0.3 is 9.47 Å². The first-order valence-electron chi connectivity index (χ1n) is 12.0. The molecule has 1 atom stereocenters. The fourth-order valence-corrected chi connectivity index (χ4v) is 3.85. The fourth-order valence-electron chi connectivity index (χ4n) is 3.33. The summed E-state index contributed by atoms with van der Waals surface area (Å²) < 4.78 is 92.6. The van der Waals surface area contributed by atoms with E-state index in [-0.39, 0.29) is 6.42 Å². The van der Waals surface area contributed by atoms with Crippen molar-refractivity contribution in [3.8, 4) is 0 Å². The van der Waals surface area contributed by atoms with Crippen LogP contribution in [0.3, 0.4) is 0 Å². The largest absolute Gasteiger partial charge is 0.444 e. The van der Waals surface area contributed by atoms with E-state index in [4.69, 9.17) is 9.47 Å². The molecular weight excluding hydrogens is 642 g/mol. The molecule has 0 saturated heterocycles. The zero-order chi connectivity index (χ0) is 31.9. The number of alkyl halides is 6. The number of allylic oxidation sites excluding steroid dienone is 1. The molecule has 1 aromatic heterocycles. The predicted molar refractivity (Wildman–Crippen MR) is 142 cm³/mol. The van der Waals surface area contributed by atoms with Gasteiger partial charge >= 0.3 is 18.4 Å². The lowest BCUT2D eigenvalue weighted by Crippen LogP contribution is -2.61. The van der Waals surface area contributed by atoms with Crippen LogP contribution in [-0.2, 0) is 27.1 Å². The minimum absolute atomic E-state index is 0.312. The standard InChI is InChI=1S/C26H27BrF6N4O5/c1-5-6-12-24(26(31,32)33,41-14-15-10-8-7-9-11-15)21(39)37-36-20(38)18-17(34-22(40)42-23(2,3)4)13-16(19(27)35-18)25(28,29)30/h5,7-11,13H,1,6,12,14H2,2-4H3,(H,34,40)(H,36,38)(H,37,39). The number of hydrogen-bond donors (Lipinski definition) is 3. The molecule has 0 saturated carbocycles. The summed E-state index contributed by atoms with van der Waals surface area (Å²) in [7, 11) is 0. The summed E-state index contributed by atoms with van der Waals surface area (Å²) >= 11 is 2.59. The molecule has 0 aliphatic heterocycles. The third kappa shape index (κ3) is 9.17.